The van der Waals surface area contributed by atoms with Gasteiger partial charge in [-0.3, -0.25) is 0 Å². The van der Waals surface area contributed by atoms with Gasteiger partial charge in [-0.25, -0.2) is 0 Å². The Kier molecular flexibility index (Phi) is 8.36. The van der Waals surface area contributed by atoms with E-state index < -0.39 is 0 Å². The lowest BCUT2D eigenvalue weighted by molar-refractivity contribution is -0.0583. The molecule has 0 spiro atoms. The lowest BCUT2D eigenvalue weighted by Gasteiger charge is -2.32. The van der Waals surface area contributed by atoms with Gasteiger partial charge in [-0.1, -0.05) is 26.7 Å². The Bertz CT molecular complexity index is 197. The monoisotopic (exact) mass is 274 g/mol. The van der Waals surface area contributed by atoms with Crippen LogP contribution in [-0.4, -0.2) is 31.7 Å². The molecule has 1 heterocycles. The van der Waals surface area contributed by atoms with Crippen LogP contribution in [0, 0.1) is 5.41 Å². The average Bonchev–Trinajstić information content (AvgIpc) is 2.40. The first-order valence-corrected chi connectivity index (χ1v) is 8.20. The van der Waals surface area contributed by atoms with Crippen LogP contribution in [0.2, 0.25) is 0 Å². The van der Waals surface area contributed by atoms with Crippen LogP contribution in [-0.2, 0) is 9.47 Å². The first-order valence-electron chi connectivity index (χ1n) is 7.56. The molecule has 1 aliphatic heterocycles. The Morgan fingerprint density at radius 3 is 2.44 bits per heavy atom. The third-order valence-corrected chi connectivity index (χ3v) is 4.55. The van der Waals surface area contributed by atoms with Crippen molar-refractivity contribution in [1.82, 2.24) is 0 Å². The van der Waals surface area contributed by atoms with Gasteiger partial charge < -0.3 is 9.47 Å². The molecule has 0 saturated carbocycles. The Labute approximate surface area is 118 Å². The fourth-order valence-corrected chi connectivity index (χ4v) is 3.29. The van der Waals surface area contributed by atoms with Gasteiger partial charge >= 0.3 is 0 Å². The summed E-state index contributed by atoms with van der Waals surface area (Å²) >= 11 is 4.56. The predicted octanol–water partition coefficient (Wildman–Crippen LogP) is 4.09. The molecule has 1 rings (SSSR count). The normalized spacial score (nSPS) is 21.2. The molecule has 18 heavy (non-hydrogen) atoms. The van der Waals surface area contributed by atoms with E-state index >= 15 is 0 Å². The highest BCUT2D eigenvalue weighted by atomic mass is 32.1. The fourth-order valence-electron chi connectivity index (χ4n) is 2.88. The molecule has 1 fully saturated rings. The summed E-state index contributed by atoms with van der Waals surface area (Å²) in [5, 5.41) is 0. The second-order valence-electron chi connectivity index (χ2n) is 5.66. The summed E-state index contributed by atoms with van der Waals surface area (Å²) in [5.74, 6) is 0.931. The van der Waals surface area contributed by atoms with Crippen molar-refractivity contribution in [3.05, 3.63) is 0 Å². The van der Waals surface area contributed by atoms with Crippen LogP contribution in [0.15, 0.2) is 0 Å². The molecular formula is C15H30O2S. The summed E-state index contributed by atoms with van der Waals surface area (Å²) < 4.78 is 11.7. The van der Waals surface area contributed by atoms with Crippen molar-refractivity contribution in [2.24, 2.45) is 5.41 Å². The Morgan fingerprint density at radius 2 is 1.94 bits per heavy atom. The molecule has 0 aliphatic carbocycles. The Morgan fingerprint density at radius 1 is 1.22 bits per heavy atom. The van der Waals surface area contributed by atoms with Crippen molar-refractivity contribution in [2.75, 3.05) is 25.6 Å². The number of ether oxygens (including phenoxy) is 2. The van der Waals surface area contributed by atoms with Crippen molar-refractivity contribution < 1.29 is 9.47 Å². The number of thiol groups is 1. The van der Waals surface area contributed by atoms with Gasteiger partial charge in [0.25, 0.3) is 0 Å². The largest absolute Gasteiger partial charge is 0.378 e. The highest BCUT2D eigenvalue weighted by Gasteiger charge is 2.27. The van der Waals surface area contributed by atoms with Gasteiger partial charge in [0.15, 0.2) is 0 Å². The fraction of sp³-hybridized carbons (Fsp3) is 1.00. The maximum Gasteiger partial charge on any atom is 0.0808 e. The maximum atomic E-state index is 5.96. The van der Waals surface area contributed by atoms with Crippen LogP contribution in [0.1, 0.15) is 58.8 Å². The van der Waals surface area contributed by atoms with Crippen LogP contribution < -0.4 is 0 Å². The summed E-state index contributed by atoms with van der Waals surface area (Å²) in [6.45, 7) is 7.02. The average molecular weight is 274 g/mol. The third kappa shape index (κ3) is 5.50. The van der Waals surface area contributed by atoms with Crippen LogP contribution in [0.4, 0.5) is 0 Å². The minimum atomic E-state index is 0.279. The van der Waals surface area contributed by atoms with E-state index in [1.165, 1.54) is 38.5 Å². The first-order chi connectivity index (χ1) is 8.76. The van der Waals surface area contributed by atoms with E-state index in [4.69, 9.17) is 9.47 Å². The van der Waals surface area contributed by atoms with Crippen molar-refractivity contribution in [3.63, 3.8) is 0 Å². The number of hydrogen-bond donors (Lipinski definition) is 1. The SMILES string of the molecule is CCCC(CS)(CCC)COCC1CCCCO1. The quantitative estimate of drug-likeness (QED) is 0.638. The Balaban J connectivity index is 2.30. The second kappa shape index (κ2) is 9.22. The van der Waals surface area contributed by atoms with E-state index in [1.807, 2.05) is 0 Å². The zero-order valence-corrected chi connectivity index (χ0v) is 13.0. The molecule has 0 amide bonds. The van der Waals surface area contributed by atoms with Crippen LogP contribution >= 0.6 is 12.6 Å². The van der Waals surface area contributed by atoms with E-state index in [1.54, 1.807) is 0 Å². The molecule has 1 aliphatic rings. The highest BCUT2D eigenvalue weighted by Crippen LogP contribution is 2.32. The smallest absolute Gasteiger partial charge is 0.0808 e. The van der Waals surface area contributed by atoms with Gasteiger partial charge in [-0.2, -0.15) is 12.6 Å². The third-order valence-electron chi connectivity index (χ3n) is 3.88. The molecule has 0 N–H and O–H groups in total. The second-order valence-corrected chi connectivity index (χ2v) is 5.98. The summed E-state index contributed by atoms with van der Waals surface area (Å²) in [4.78, 5) is 0. The van der Waals surface area contributed by atoms with Crippen LogP contribution in [0.5, 0.6) is 0 Å². The Hall–Kier alpha value is 0.270. The van der Waals surface area contributed by atoms with Gasteiger partial charge in [0, 0.05) is 12.0 Å². The minimum absolute atomic E-state index is 0.279. The molecule has 0 bridgehead atoms. The number of rotatable bonds is 9. The minimum Gasteiger partial charge on any atom is -0.378 e. The molecule has 0 aromatic rings. The van der Waals surface area contributed by atoms with Crippen molar-refractivity contribution >= 4 is 12.6 Å². The summed E-state index contributed by atoms with van der Waals surface area (Å²) in [6.07, 6.45) is 8.85. The standard InChI is InChI=1S/C15H30O2S/c1-3-8-15(13-18,9-4-2)12-16-11-14-7-5-6-10-17-14/h14,18H,3-13H2,1-2H3. The summed E-state index contributed by atoms with van der Waals surface area (Å²) in [7, 11) is 0. The summed E-state index contributed by atoms with van der Waals surface area (Å²) in [5.41, 5.74) is 0.279. The van der Waals surface area contributed by atoms with Crippen molar-refractivity contribution in [2.45, 2.75) is 64.9 Å². The van der Waals surface area contributed by atoms with Crippen LogP contribution in [0.25, 0.3) is 0 Å². The van der Waals surface area contributed by atoms with Gasteiger partial charge in [-0.05, 0) is 37.9 Å². The predicted molar refractivity (Wildman–Crippen MR) is 80.5 cm³/mol. The molecule has 2 nitrogen and oxygen atoms in total. The first kappa shape index (κ1) is 16.3. The zero-order chi connectivity index (χ0) is 13.3. The molecule has 3 heteroatoms. The van der Waals surface area contributed by atoms with E-state index in [9.17, 15) is 0 Å². The van der Waals surface area contributed by atoms with Gasteiger partial charge in [0.2, 0.25) is 0 Å². The topological polar surface area (TPSA) is 18.5 Å². The molecular weight excluding hydrogens is 244 g/mol. The zero-order valence-electron chi connectivity index (χ0n) is 12.1. The van der Waals surface area contributed by atoms with Crippen LogP contribution in [0.3, 0.4) is 0 Å². The van der Waals surface area contributed by atoms with Gasteiger partial charge in [0.05, 0.1) is 19.3 Å². The van der Waals surface area contributed by atoms with Gasteiger partial charge in [0.1, 0.15) is 0 Å². The molecule has 108 valence electrons. The molecule has 0 radical (unpaired) electrons. The molecule has 1 saturated heterocycles. The van der Waals surface area contributed by atoms with Crippen molar-refractivity contribution in [1.29, 1.82) is 0 Å². The molecule has 1 unspecified atom stereocenters. The molecule has 1 atom stereocenters. The van der Waals surface area contributed by atoms with Crippen molar-refractivity contribution in [3.8, 4) is 0 Å². The van der Waals surface area contributed by atoms with E-state index in [0.29, 0.717) is 6.10 Å². The van der Waals surface area contributed by atoms with E-state index in [-0.39, 0.29) is 5.41 Å². The number of hydrogen-bond acceptors (Lipinski definition) is 3. The molecule has 0 aromatic heterocycles. The van der Waals surface area contributed by atoms with Gasteiger partial charge in [-0.15, -0.1) is 0 Å². The highest BCUT2D eigenvalue weighted by molar-refractivity contribution is 7.80. The van der Waals surface area contributed by atoms with E-state index in [0.717, 1.165) is 32.0 Å². The maximum absolute atomic E-state index is 5.96. The lowest BCUT2D eigenvalue weighted by atomic mass is 9.82. The van der Waals surface area contributed by atoms with E-state index in [2.05, 4.69) is 26.5 Å². The summed E-state index contributed by atoms with van der Waals surface area (Å²) in [6, 6.07) is 0. The molecule has 0 aromatic carbocycles. The lowest BCUT2D eigenvalue weighted by Crippen LogP contribution is -2.32.